The molecule has 0 aromatic rings. The van der Waals surface area contributed by atoms with Crippen LogP contribution in [0.2, 0.25) is 0 Å². The molecule has 0 saturated heterocycles. The normalized spacial score (nSPS) is 13.6. The van der Waals surface area contributed by atoms with Gasteiger partial charge >= 0.3 is 0 Å². The number of hydrogen-bond acceptors (Lipinski definition) is 4. The summed E-state index contributed by atoms with van der Waals surface area (Å²) in [6.45, 7) is 2.67. The fourth-order valence-corrected chi connectivity index (χ4v) is 1.79. The summed E-state index contributed by atoms with van der Waals surface area (Å²) in [6.07, 6.45) is 1.17. The predicted octanol–water partition coefficient (Wildman–Crippen LogP) is -0.655. The van der Waals surface area contributed by atoms with E-state index in [4.69, 9.17) is 0 Å². The molecule has 15 heavy (non-hydrogen) atoms. The molecule has 0 aliphatic rings. The standard InChI is InChI=1S/C9H20N2O3S/c1-8(7-10-2)9(12)11(3)5-6-15(4,13)14/h8,10H,5-7H2,1-4H3. The zero-order chi connectivity index (χ0) is 12.1. The number of amides is 1. The van der Waals surface area contributed by atoms with E-state index in [9.17, 15) is 13.2 Å². The molecule has 1 atom stereocenters. The van der Waals surface area contributed by atoms with Crippen molar-refractivity contribution in [1.29, 1.82) is 0 Å². The molecule has 0 rings (SSSR count). The van der Waals surface area contributed by atoms with Gasteiger partial charge in [-0.1, -0.05) is 6.92 Å². The molecular formula is C9H20N2O3S. The van der Waals surface area contributed by atoms with Crippen LogP contribution in [0.4, 0.5) is 0 Å². The van der Waals surface area contributed by atoms with E-state index in [0.717, 1.165) is 0 Å². The smallest absolute Gasteiger partial charge is 0.226 e. The SMILES string of the molecule is CNCC(C)C(=O)N(C)CCS(C)(=O)=O. The summed E-state index contributed by atoms with van der Waals surface area (Å²) in [4.78, 5) is 13.1. The lowest BCUT2D eigenvalue weighted by Crippen LogP contribution is -2.38. The van der Waals surface area contributed by atoms with E-state index in [1.54, 1.807) is 14.1 Å². The second-order valence-electron chi connectivity index (χ2n) is 3.85. The molecule has 0 aromatic heterocycles. The zero-order valence-corrected chi connectivity index (χ0v) is 10.6. The molecule has 6 heteroatoms. The molecule has 0 spiro atoms. The molecule has 0 radical (unpaired) electrons. The van der Waals surface area contributed by atoms with Crippen LogP contribution in [0.15, 0.2) is 0 Å². The zero-order valence-electron chi connectivity index (χ0n) is 9.78. The van der Waals surface area contributed by atoms with Gasteiger partial charge < -0.3 is 10.2 Å². The molecule has 0 fully saturated rings. The highest BCUT2D eigenvalue weighted by Crippen LogP contribution is 1.99. The maximum Gasteiger partial charge on any atom is 0.226 e. The minimum Gasteiger partial charge on any atom is -0.344 e. The van der Waals surface area contributed by atoms with Crippen molar-refractivity contribution >= 4 is 15.7 Å². The monoisotopic (exact) mass is 236 g/mol. The van der Waals surface area contributed by atoms with Crippen LogP contribution >= 0.6 is 0 Å². The van der Waals surface area contributed by atoms with Crippen molar-refractivity contribution in [3.05, 3.63) is 0 Å². The van der Waals surface area contributed by atoms with Gasteiger partial charge in [-0.2, -0.15) is 0 Å². The van der Waals surface area contributed by atoms with E-state index >= 15 is 0 Å². The maximum absolute atomic E-state index is 11.6. The first-order chi connectivity index (χ1) is 6.78. The largest absolute Gasteiger partial charge is 0.344 e. The van der Waals surface area contributed by atoms with E-state index in [-0.39, 0.29) is 24.1 Å². The Hall–Kier alpha value is -0.620. The third-order valence-corrected chi connectivity index (χ3v) is 3.03. The number of carbonyl (C=O) groups excluding carboxylic acids is 1. The van der Waals surface area contributed by atoms with Gasteiger partial charge in [-0.25, -0.2) is 8.42 Å². The molecular weight excluding hydrogens is 216 g/mol. The topological polar surface area (TPSA) is 66.5 Å². The van der Waals surface area contributed by atoms with Gasteiger partial charge in [-0.05, 0) is 7.05 Å². The molecule has 0 aromatic carbocycles. The summed E-state index contributed by atoms with van der Waals surface area (Å²) in [5.41, 5.74) is 0. The highest BCUT2D eigenvalue weighted by Gasteiger charge is 2.17. The number of hydrogen-bond donors (Lipinski definition) is 1. The Morgan fingerprint density at radius 2 is 2.00 bits per heavy atom. The third-order valence-electron chi connectivity index (χ3n) is 2.11. The average Bonchev–Trinajstić information content (AvgIpc) is 2.12. The third kappa shape index (κ3) is 6.46. The number of sulfone groups is 1. The summed E-state index contributed by atoms with van der Waals surface area (Å²) in [5, 5.41) is 2.91. The van der Waals surface area contributed by atoms with Crippen molar-refractivity contribution in [1.82, 2.24) is 10.2 Å². The minimum absolute atomic E-state index is 0.0154. The number of nitrogens with one attached hydrogen (secondary N) is 1. The van der Waals surface area contributed by atoms with Gasteiger partial charge in [-0.3, -0.25) is 4.79 Å². The minimum atomic E-state index is -3.00. The van der Waals surface area contributed by atoms with Crippen molar-refractivity contribution in [3.8, 4) is 0 Å². The van der Waals surface area contributed by atoms with Crippen LogP contribution in [0.3, 0.4) is 0 Å². The van der Waals surface area contributed by atoms with Crippen molar-refractivity contribution in [2.45, 2.75) is 6.92 Å². The molecule has 0 saturated carbocycles. The summed E-state index contributed by atoms with van der Waals surface area (Å²) in [6, 6.07) is 0. The second-order valence-corrected chi connectivity index (χ2v) is 6.11. The van der Waals surface area contributed by atoms with Crippen LogP contribution in [0.5, 0.6) is 0 Å². The van der Waals surface area contributed by atoms with E-state index in [0.29, 0.717) is 6.54 Å². The Labute approximate surface area is 91.8 Å². The van der Waals surface area contributed by atoms with Crippen molar-refractivity contribution in [2.24, 2.45) is 5.92 Å². The lowest BCUT2D eigenvalue weighted by Gasteiger charge is -2.20. The van der Waals surface area contributed by atoms with E-state index in [2.05, 4.69) is 5.32 Å². The maximum atomic E-state index is 11.6. The number of nitrogens with zero attached hydrogens (tertiary/aromatic N) is 1. The van der Waals surface area contributed by atoms with Crippen LogP contribution in [0, 0.1) is 5.92 Å². The number of carbonyl (C=O) groups is 1. The second kappa shape index (κ2) is 6.07. The van der Waals surface area contributed by atoms with Crippen LogP contribution in [0.1, 0.15) is 6.92 Å². The summed E-state index contributed by atoms with van der Waals surface area (Å²) in [7, 11) is 0.403. The molecule has 0 aliphatic carbocycles. The van der Waals surface area contributed by atoms with Gasteiger partial charge in [0.2, 0.25) is 5.91 Å². The molecule has 0 aliphatic heterocycles. The van der Waals surface area contributed by atoms with E-state index in [1.165, 1.54) is 11.2 Å². The Morgan fingerprint density at radius 3 is 2.40 bits per heavy atom. The molecule has 1 amide bonds. The molecule has 0 heterocycles. The molecule has 1 unspecified atom stereocenters. The molecule has 1 N–H and O–H groups in total. The molecule has 90 valence electrons. The Kier molecular flexibility index (Phi) is 5.82. The fraction of sp³-hybridized carbons (Fsp3) is 0.889. The number of rotatable bonds is 6. The van der Waals surface area contributed by atoms with Crippen molar-refractivity contribution < 1.29 is 13.2 Å². The summed E-state index contributed by atoms with van der Waals surface area (Å²) in [5.74, 6) is -0.144. The van der Waals surface area contributed by atoms with E-state index < -0.39 is 9.84 Å². The first-order valence-electron chi connectivity index (χ1n) is 4.85. The fourth-order valence-electron chi connectivity index (χ4n) is 1.18. The van der Waals surface area contributed by atoms with Crippen LogP contribution in [-0.2, 0) is 14.6 Å². The summed E-state index contributed by atoms with van der Waals surface area (Å²) < 4.78 is 21.8. The van der Waals surface area contributed by atoms with Gasteiger partial charge in [0.1, 0.15) is 9.84 Å². The first kappa shape index (κ1) is 14.4. The Balaban J connectivity index is 4.10. The highest BCUT2D eigenvalue weighted by molar-refractivity contribution is 7.90. The molecule has 5 nitrogen and oxygen atoms in total. The Bertz CT molecular complexity index is 300. The van der Waals surface area contributed by atoms with Crippen LogP contribution in [-0.4, -0.2) is 58.4 Å². The average molecular weight is 236 g/mol. The Morgan fingerprint density at radius 1 is 1.47 bits per heavy atom. The highest BCUT2D eigenvalue weighted by atomic mass is 32.2. The van der Waals surface area contributed by atoms with Crippen molar-refractivity contribution in [2.75, 3.05) is 39.2 Å². The predicted molar refractivity (Wildman–Crippen MR) is 60.4 cm³/mol. The molecule has 0 bridgehead atoms. The van der Waals surface area contributed by atoms with Crippen LogP contribution < -0.4 is 5.32 Å². The van der Waals surface area contributed by atoms with Gasteiger partial charge in [0.15, 0.2) is 0 Å². The van der Waals surface area contributed by atoms with E-state index in [1.807, 2.05) is 6.92 Å². The first-order valence-corrected chi connectivity index (χ1v) is 6.91. The van der Waals surface area contributed by atoms with Crippen LogP contribution in [0.25, 0.3) is 0 Å². The van der Waals surface area contributed by atoms with Gasteiger partial charge in [0.05, 0.1) is 5.75 Å². The van der Waals surface area contributed by atoms with Gasteiger partial charge in [0.25, 0.3) is 0 Å². The lowest BCUT2D eigenvalue weighted by atomic mass is 10.1. The van der Waals surface area contributed by atoms with Gasteiger partial charge in [0, 0.05) is 32.3 Å². The van der Waals surface area contributed by atoms with Crippen molar-refractivity contribution in [3.63, 3.8) is 0 Å². The summed E-state index contributed by atoms with van der Waals surface area (Å²) >= 11 is 0. The van der Waals surface area contributed by atoms with Gasteiger partial charge in [-0.15, -0.1) is 0 Å². The quantitative estimate of drug-likeness (QED) is 0.665. The lowest BCUT2D eigenvalue weighted by molar-refractivity contribution is -0.133.